The third-order valence-electron chi connectivity index (χ3n) is 1.61. The average molecular weight is 205 g/mol. The summed E-state index contributed by atoms with van der Waals surface area (Å²) in [4.78, 5) is 10.4. The van der Waals surface area contributed by atoms with Gasteiger partial charge in [0.25, 0.3) is 0 Å². The van der Waals surface area contributed by atoms with Gasteiger partial charge in [0, 0.05) is 7.11 Å². The first kappa shape index (κ1) is 13.4. The molecule has 84 valence electrons. The zero-order valence-corrected chi connectivity index (χ0v) is 8.65. The van der Waals surface area contributed by atoms with E-state index in [1.807, 2.05) is 0 Å². The summed E-state index contributed by atoms with van der Waals surface area (Å²) in [5, 5.41) is 10.4. The van der Waals surface area contributed by atoms with Gasteiger partial charge in [0.15, 0.2) is 0 Å². The molecule has 1 atom stereocenters. The Bertz CT molecular complexity index is 148. The van der Waals surface area contributed by atoms with E-state index in [0.29, 0.717) is 26.2 Å². The molecular weight excluding hydrogens is 188 g/mol. The smallest absolute Gasteiger partial charge is 0.0967 e. The summed E-state index contributed by atoms with van der Waals surface area (Å²) < 4.78 is 14.8. The number of carboxylic acids is 1. The van der Waals surface area contributed by atoms with Crippen molar-refractivity contribution in [1.29, 1.82) is 0 Å². The molecule has 0 N–H and O–H groups in total. The SMILES string of the molecule is CCC(OCCOCCOC)C(=O)[O-]. The average Bonchev–Trinajstić information content (AvgIpc) is 2.16. The first-order valence-electron chi connectivity index (χ1n) is 4.61. The van der Waals surface area contributed by atoms with Gasteiger partial charge in [-0.25, -0.2) is 0 Å². The van der Waals surface area contributed by atoms with Crippen LogP contribution in [0.15, 0.2) is 0 Å². The lowest BCUT2D eigenvalue weighted by Gasteiger charge is -2.16. The van der Waals surface area contributed by atoms with Crippen LogP contribution in [0.5, 0.6) is 0 Å². The highest BCUT2D eigenvalue weighted by Gasteiger charge is 2.06. The lowest BCUT2D eigenvalue weighted by Crippen LogP contribution is -2.37. The van der Waals surface area contributed by atoms with Crippen LogP contribution in [0.3, 0.4) is 0 Å². The van der Waals surface area contributed by atoms with Crippen molar-refractivity contribution in [1.82, 2.24) is 0 Å². The Kier molecular flexibility index (Phi) is 8.51. The highest BCUT2D eigenvalue weighted by Crippen LogP contribution is 1.95. The van der Waals surface area contributed by atoms with Crippen LogP contribution in [0, 0.1) is 0 Å². The summed E-state index contributed by atoms with van der Waals surface area (Å²) in [5.41, 5.74) is 0. The zero-order valence-electron chi connectivity index (χ0n) is 8.65. The maximum absolute atomic E-state index is 10.4. The van der Waals surface area contributed by atoms with E-state index < -0.39 is 12.1 Å². The van der Waals surface area contributed by atoms with Crippen molar-refractivity contribution in [3.05, 3.63) is 0 Å². The third kappa shape index (κ3) is 6.82. The van der Waals surface area contributed by atoms with E-state index >= 15 is 0 Å². The molecule has 5 heteroatoms. The van der Waals surface area contributed by atoms with Gasteiger partial charge >= 0.3 is 0 Å². The van der Waals surface area contributed by atoms with E-state index in [2.05, 4.69) is 0 Å². The number of carboxylic acid groups (broad SMARTS) is 1. The molecule has 0 radical (unpaired) electrons. The Hall–Kier alpha value is -0.650. The Morgan fingerprint density at radius 3 is 2.43 bits per heavy atom. The minimum Gasteiger partial charge on any atom is -0.547 e. The quantitative estimate of drug-likeness (QED) is 0.461. The highest BCUT2D eigenvalue weighted by molar-refractivity contribution is 5.69. The lowest BCUT2D eigenvalue weighted by atomic mass is 10.3. The predicted octanol–water partition coefficient (Wildman–Crippen LogP) is -0.805. The summed E-state index contributed by atoms with van der Waals surface area (Å²) >= 11 is 0. The summed E-state index contributed by atoms with van der Waals surface area (Å²) in [6, 6.07) is 0. The molecule has 5 nitrogen and oxygen atoms in total. The molecule has 0 aromatic heterocycles. The van der Waals surface area contributed by atoms with Gasteiger partial charge in [-0.3, -0.25) is 0 Å². The minimum absolute atomic E-state index is 0.260. The maximum atomic E-state index is 10.4. The number of aliphatic carboxylic acids is 1. The van der Waals surface area contributed by atoms with Crippen LogP contribution >= 0.6 is 0 Å². The largest absolute Gasteiger partial charge is 0.547 e. The van der Waals surface area contributed by atoms with Crippen LogP contribution in [-0.2, 0) is 19.0 Å². The molecule has 0 fully saturated rings. The summed E-state index contributed by atoms with van der Waals surface area (Å²) in [6.45, 7) is 3.37. The Labute approximate surface area is 84.0 Å². The molecule has 0 aromatic rings. The van der Waals surface area contributed by atoms with Crippen LogP contribution in [0.25, 0.3) is 0 Å². The lowest BCUT2D eigenvalue weighted by molar-refractivity contribution is -0.317. The fourth-order valence-corrected chi connectivity index (χ4v) is 0.846. The first-order chi connectivity index (χ1) is 6.72. The molecule has 0 amide bonds. The second-order valence-electron chi connectivity index (χ2n) is 2.69. The number of rotatable bonds is 9. The molecule has 14 heavy (non-hydrogen) atoms. The number of hydrogen-bond acceptors (Lipinski definition) is 5. The van der Waals surface area contributed by atoms with Crippen molar-refractivity contribution in [2.24, 2.45) is 0 Å². The van der Waals surface area contributed by atoms with E-state index in [1.54, 1.807) is 14.0 Å². The van der Waals surface area contributed by atoms with Gasteiger partial charge in [-0.1, -0.05) is 6.92 Å². The van der Waals surface area contributed by atoms with Gasteiger partial charge < -0.3 is 24.1 Å². The highest BCUT2D eigenvalue weighted by atomic mass is 16.6. The fourth-order valence-electron chi connectivity index (χ4n) is 0.846. The van der Waals surface area contributed by atoms with Crippen molar-refractivity contribution >= 4 is 5.97 Å². The van der Waals surface area contributed by atoms with Gasteiger partial charge in [0.05, 0.1) is 38.5 Å². The number of carbonyl (C=O) groups is 1. The van der Waals surface area contributed by atoms with Crippen LogP contribution in [-0.4, -0.2) is 45.6 Å². The minimum atomic E-state index is -1.18. The van der Waals surface area contributed by atoms with Gasteiger partial charge in [-0.2, -0.15) is 0 Å². The molecule has 0 saturated carbocycles. The summed E-state index contributed by atoms with van der Waals surface area (Å²) in [5.74, 6) is -1.18. The van der Waals surface area contributed by atoms with Crippen LogP contribution in [0.4, 0.5) is 0 Å². The van der Waals surface area contributed by atoms with Gasteiger partial charge in [0.1, 0.15) is 0 Å². The zero-order chi connectivity index (χ0) is 10.8. The maximum Gasteiger partial charge on any atom is 0.0967 e. The molecule has 0 aliphatic carbocycles. The molecule has 0 aliphatic rings. The van der Waals surface area contributed by atoms with Crippen molar-refractivity contribution < 1.29 is 24.1 Å². The Balaban J connectivity index is 3.29. The van der Waals surface area contributed by atoms with Gasteiger partial charge in [0.2, 0.25) is 0 Å². The van der Waals surface area contributed by atoms with Crippen LogP contribution in [0.2, 0.25) is 0 Å². The third-order valence-corrected chi connectivity index (χ3v) is 1.61. The summed E-state index contributed by atoms with van der Waals surface area (Å²) in [6.07, 6.45) is -0.429. The van der Waals surface area contributed by atoms with Crippen LogP contribution in [0.1, 0.15) is 13.3 Å². The molecule has 1 unspecified atom stereocenters. The molecule has 0 heterocycles. The second-order valence-corrected chi connectivity index (χ2v) is 2.69. The van der Waals surface area contributed by atoms with E-state index in [0.717, 1.165) is 0 Å². The Morgan fingerprint density at radius 2 is 1.93 bits per heavy atom. The number of carbonyl (C=O) groups excluding carboxylic acids is 1. The molecule has 0 spiro atoms. The predicted molar refractivity (Wildman–Crippen MR) is 47.7 cm³/mol. The molecule has 0 aliphatic heterocycles. The van der Waals surface area contributed by atoms with E-state index in [-0.39, 0.29) is 6.61 Å². The van der Waals surface area contributed by atoms with Crippen LogP contribution < -0.4 is 5.11 Å². The van der Waals surface area contributed by atoms with Crippen molar-refractivity contribution in [2.45, 2.75) is 19.4 Å². The monoisotopic (exact) mass is 205 g/mol. The second kappa shape index (κ2) is 8.93. The number of ether oxygens (including phenoxy) is 3. The molecule has 0 saturated heterocycles. The molecular formula is C9H17O5-. The first-order valence-corrected chi connectivity index (χ1v) is 4.61. The molecule has 0 aromatic carbocycles. The molecule has 0 rings (SSSR count). The van der Waals surface area contributed by atoms with Crippen molar-refractivity contribution in [3.8, 4) is 0 Å². The van der Waals surface area contributed by atoms with Crippen molar-refractivity contribution in [2.75, 3.05) is 33.5 Å². The normalized spacial score (nSPS) is 12.7. The molecule has 0 bridgehead atoms. The number of methoxy groups -OCH3 is 1. The van der Waals surface area contributed by atoms with E-state index in [1.165, 1.54) is 0 Å². The summed E-state index contributed by atoms with van der Waals surface area (Å²) in [7, 11) is 1.59. The fraction of sp³-hybridized carbons (Fsp3) is 0.889. The van der Waals surface area contributed by atoms with E-state index in [9.17, 15) is 9.90 Å². The van der Waals surface area contributed by atoms with Gasteiger partial charge in [-0.15, -0.1) is 0 Å². The van der Waals surface area contributed by atoms with Crippen molar-refractivity contribution in [3.63, 3.8) is 0 Å². The van der Waals surface area contributed by atoms with Gasteiger partial charge in [-0.05, 0) is 6.42 Å². The van der Waals surface area contributed by atoms with E-state index in [4.69, 9.17) is 14.2 Å². The topological polar surface area (TPSA) is 67.8 Å². The number of hydrogen-bond donors (Lipinski definition) is 0. The standard InChI is InChI=1S/C9H18O5/c1-3-8(9(10)11)14-7-6-13-5-4-12-2/h8H,3-7H2,1-2H3,(H,10,11)/p-1. The Morgan fingerprint density at radius 1 is 1.29 bits per heavy atom.